The number of nitrogens with zero attached hydrogens (tertiary/aromatic N) is 3. The number of halogens is 1. The number of hydrogen-bond acceptors (Lipinski definition) is 4. The minimum atomic E-state index is -0.143. The standard InChI is InChI=1S/C12H12N4OS.BrH/c1-7(17)16-9-6-4-3-5-8(9)10-11(16)18-12(13)15(2)14-10;/h3-6,11,13H,1-2H3;1H. The van der Waals surface area contributed by atoms with Crippen molar-refractivity contribution in [2.24, 2.45) is 10.8 Å². The number of hydrazone groups is 1. The molecule has 0 saturated carbocycles. The van der Waals surface area contributed by atoms with E-state index in [0.29, 0.717) is 5.17 Å². The van der Waals surface area contributed by atoms with Crippen molar-refractivity contribution in [3.63, 3.8) is 0 Å². The Morgan fingerprint density at radius 2 is 2.16 bits per heavy atom. The summed E-state index contributed by atoms with van der Waals surface area (Å²) < 4.78 is 1.65. The Bertz CT molecular complexity index is 614. The number of hydrogen-bond donors (Lipinski definition) is 1. The summed E-state index contributed by atoms with van der Waals surface area (Å²) >= 11 is 1.45. The predicted octanol–water partition coefficient (Wildman–Crippen LogP) is -2.21. The van der Waals surface area contributed by atoms with Gasteiger partial charge in [0.05, 0.1) is 5.69 Å². The molecule has 1 amide bonds. The van der Waals surface area contributed by atoms with E-state index in [-0.39, 0.29) is 28.3 Å². The van der Waals surface area contributed by atoms with Gasteiger partial charge in [0.25, 0.3) is 0 Å². The SMILES string of the molecule is CC(=O)N1c2ccccc2C2=N[N+](C)=C(N)SC21.[Br-]. The largest absolute Gasteiger partial charge is 1.00 e. The Morgan fingerprint density at radius 3 is 2.84 bits per heavy atom. The molecule has 2 aliphatic rings. The topological polar surface area (TPSA) is 61.7 Å². The smallest absolute Gasteiger partial charge is 0.331 e. The summed E-state index contributed by atoms with van der Waals surface area (Å²) in [5.41, 5.74) is 8.69. The van der Waals surface area contributed by atoms with Gasteiger partial charge in [0, 0.05) is 12.5 Å². The lowest BCUT2D eigenvalue weighted by Gasteiger charge is -2.23. The molecule has 2 aliphatic heterocycles. The molecule has 2 N–H and O–H groups in total. The number of thioether (sulfide) groups is 1. The van der Waals surface area contributed by atoms with E-state index >= 15 is 0 Å². The Kier molecular flexibility index (Phi) is 3.69. The molecule has 0 radical (unpaired) electrons. The fourth-order valence-electron chi connectivity index (χ4n) is 2.23. The minimum Gasteiger partial charge on any atom is -1.00 e. The van der Waals surface area contributed by atoms with E-state index in [4.69, 9.17) is 5.73 Å². The highest BCUT2D eigenvalue weighted by molar-refractivity contribution is 8.14. The van der Waals surface area contributed by atoms with Crippen LogP contribution in [0.3, 0.4) is 0 Å². The Hall–Kier alpha value is -1.34. The number of nitrogens with two attached hydrogens (primary N) is 1. The monoisotopic (exact) mass is 340 g/mol. The van der Waals surface area contributed by atoms with Gasteiger partial charge in [-0.05, 0) is 17.8 Å². The van der Waals surface area contributed by atoms with E-state index in [1.165, 1.54) is 11.8 Å². The number of para-hydroxylation sites is 1. The molecule has 7 heteroatoms. The first-order chi connectivity index (χ1) is 8.59. The van der Waals surface area contributed by atoms with Crippen molar-refractivity contribution < 1.29 is 26.5 Å². The molecule has 0 bridgehead atoms. The highest BCUT2D eigenvalue weighted by atomic mass is 79.9. The highest BCUT2D eigenvalue weighted by Gasteiger charge is 2.42. The molecule has 3 rings (SSSR count). The Balaban J connectivity index is 0.00000133. The average molecular weight is 341 g/mol. The molecule has 19 heavy (non-hydrogen) atoms. The lowest BCUT2D eigenvalue weighted by atomic mass is 10.1. The molecule has 2 heterocycles. The maximum Gasteiger partial charge on any atom is 0.331 e. The zero-order chi connectivity index (χ0) is 12.9. The second kappa shape index (κ2) is 4.97. The van der Waals surface area contributed by atoms with Crippen LogP contribution in [-0.4, -0.2) is 33.9 Å². The summed E-state index contributed by atoms with van der Waals surface area (Å²) in [5, 5.41) is 4.93. The molecule has 1 atom stereocenters. The van der Waals surface area contributed by atoms with Gasteiger partial charge in [0.1, 0.15) is 18.1 Å². The number of carbonyl (C=O) groups is 1. The van der Waals surface area contributed by atoms with E-state index < -0.39 is 0 Å². The zero-order valence-corrected chi connectivity index (χ0v) is 12.9. The van der Waals surface area contributed by atoms with Crippen LogP contribution >= 0.6 is 11.8 Å². The number of fused-ring (bicyclic) bond motifs is 3. The predicted molar refractivity (Wildman–Crippen MR) is 72.9 cm³/mol. The molecule has 100 valence electrons. The summed E-state index contributed by atoms with van der Waals surface area (Å²) in [6, 6.07) is 7.80. The van der Waals surface area contributed by atoms with Crippen molar-refractivity contribution in [1.82, 2.24) is 0 Å². The molecule has 0 fully saturated rings. The number of amidine groups is 1. The normalized spacial score (nSPS) is 20.4. The number of anilines is 1. The summed E-state index contributed by atoms with van der Waals surface area (Å²) in [6.45, 7) is 1.56. The molecule has 0 spiro atoms. The van der Waals surface area contributed by atoms with Gasteiger partial charge in [0.2, 0.25) is 5.91 Å². The lowest BCUT2D eigenvalue weighted by Crippen LogP contribution is -3.00. The second-order valence-corrected chi connectivity index (χ2v) is 5.32. The van der Waals surface area contributed by atoms with Gasteiger partial charge in [-0.1, -0.05) is 23.3 Å². The van der Waals surface area contributed by atoms with Crippen molar-refractivity contribution >= 4 is 34.2 Å². The Morgan fingerprint density at radius 1 is 1.47 bits per heavy atom. The van der Waals surface area contributed by atoms with Crippen molar-refractivity contribution in [3.05, 3.63) is 29.8 Å². The van der Waals surface area contributed by atoms with Crippen LogP contribution in [0.5, 0.6) is 0 Å². The number of amides is 1. The molecule has 0 saturated heterocycles. The van der Waals surface area contributed by atoms with Crippen LogP contribution in [0, 0.1) is 0 Å². The lowest BCUT2D eigenvalue weighted by molar-refractivity contribution is -0.501. The maximum absolute atomic E-state index is 11.8. The van der Waals surface area contributed by atoms with E-state index in [0.717, 1.165) is 17.0 Å². The van der Waals surface area contributed by atoms with Gasteiger partial charge in [0.15, 0.2) is 0 Å². The van der Waals surface area contributed by atoms with E-state index in [1.54, 1.807) is 16.5 Å². The highest BCUT2D eigenvalue weighted by Crippen LogP contribution is 2.38. The van der Waals surface area contributed by atoms with Crippen LogP contribution in [0.15, 0.2) is 29.4 Å². The van der Waals surface area contributed by atoms with Crippen molar-refractivity contribution in [3.8, 4) is 0 Å². The molecule has 5 nitrogen and oxygen atoms in total. The molecular weight excluding hydrogens is 328 g/mol. The van der Waals surface area contributed by atoms with E-state index in [2.05, 4.69) is 5.10 Å². The fourth-order valence-corrected chi connectivity index (χ4v) is 3.31. The summed E-state index contributed by atoms with van der Waals surface area (Å²) in [6.07, 6.45) is 0. The van der Waals surface area contributed by atoms with E-state index in [9.17, 15) is 4.79 Å². The van der Waals surface area contributed by atoms with Crippen LogP contribution < -0.4 is 27.6 Å². The number of benzene rings is 1. The Labute approximate surface area is 125 Å². The van der Waals surface area contributed by atoms with Crippen molar-refractivity contribution in [2.75, 3.05) is 11.9 Å². The van der Waals surface area contributed by atoms with Crippen LogP contribution in [0.25, 0.3) is 0 Å². The minimum absolute atomic E-state index is 0. The quantitative estimate of drug-likeness (QED) is 0.545. The third-order valence-electron chi connectivity index (χ3n) is 3.06. The van der Waals surface area contributed by atoms with Gasteiger partial charge in [-0.25, -0.2) is 0 Å². The maximum atomic E-state index is 11.8. The first-order valence-electron chi connectivity index (χ1n) is 5.60. The zero-order valence-electron chi connectivity index (χ0n) is 10.5. The molecule has 0 aromatic heterocycles. The average Bonchev–Trinajstić information content (AvgIpc) is 2.64. The second-order valence-electron chi connectivity index (χ2n) is 4.22. The van der Waals surface area contributed by atoms with Gasteiger partial charge in [-0.15, -0.1) is 4.68 Å². The fraction of sp³-hybridized carbons (Fsp3) is 0.250. The first-order valence-corrected chi connectivity index (χ1v) is 6.48. The molecule has 1 aromatic carbocycles. The third kappa shape index (κ3) is 2.06. The summed E-state index contributed by atoms with van der Waals surface area (Å²) in [7, 11) is 1.81. The van der Waals surface area contributed by atoms with E-state index in [1.807, 2.05) is 31.3 Å². The molecular formula is C12H13BrN4OS. The van der Waals surface area contributed by atoms with Gasteiger partial charge in [-0.2, -0.15) is 0 Å². The van der Waals surface area contributed by atoms with Crippen molar-refractivity contribution in [1.29, 1.82) is 0 Å². The molecule has 1 unspecified atom stereocenters. The van der Waals surface area contributed by atoms with Crippen LogP contribution in [0.4, 0.5) is 5.69 Å². The van der Waals surface area contributed by atoms with Crippen LogP contribution in [-0.2, 0) is 4.79 Å². The van der Waals surface area contributed by atoms with Crippen molar-refractivity contribution in [2.45, 2.75) is 12.3 Å². The van der Waals surface area contributed by atoms with Gasteiger partial charge < -0.3 is 17.0 Å². The molecule has 0 aliphatic carbocycles. The molecule has 1 aromatic rings. The third-order valence-corrected chi connectivity index (χ3v) is 4.22. The number of carbonyl (C=O) groups excluding carboxylic acids is 1. The van der Waals surface area contributed by atoms with Crippen LogP contribution in [0.1, 0.15) is 12.5 Å². The van der Waals surface area contributed by atoms with Crippen LogP contribution in [0.2, 0.25) is 0 Å². The van der Waals surface area contributed by atoms with Gasteiger partial charge in [-0.3, -0.25) is 15.4 Å². The summed E-state index contributed by atoms with van der Waals surface area (Å²) in [4.78, 5) is 13.6. The van der Waals surface area contributed by atoms with Gasteiger partial charge >= 0.3 is 5.17 Å². The first kappa shape index (κ1) is 14.1. The summed E-state index contributed by atoms with van der Waals surface area (Å²) in [5.74, 6) is 0.00232. The number of rotatable bonds is 0.